The van der Waals surface area contributed by atoms with E-state index in [9.17, 15) is 0 Å². The Balaban J connectivity index is 0. The maximum atomic E-state index is 9.08. The maximum absolute atomic E-state index is 9.08. The van der Waals surface area contributed by atoms with E-state index in [0.717, 1.165) is 0 Å². The summed E-state index contributed by atoms with van der Waals surface area (Å²) in [7, 11) is -3.92. The molecule has 0 aromatic rings. The van der Waals surface area contributed by atoms with Crippen LogP contribution in [0.25, 0.3) is 0 Å². The van der Waals surface area contributed by atoms with Crippen molar-refractivity contribution in [3.8, 4) is 0 Å². The first kappa shape index (κ1) is 15.4. The van der Waals surface area contributed by atoms with Gasteiger partial charge in [0.15, 0.2) is 0 Å². The van der Waals surface area contributed by atoms with Gasteiger partial charge in [-0.1, -0.05) is 52.4 Å². The molecule has 0 saturated carbocycles. The van der Waals surface area contributed by atoms with Gasteiger partial charge in [-0.15, -0.1) is 0 Å². The molecule has 0 bridgehead atoms. The largest absolute Gasteiger partial charge is 0.748 e. The SMILES string of the molecule is CCCCCCCC.CS(=O)(=O)[O-]. The number of hydrogen-bond acceptors (Lipinski definition) is 3. The van der Waals surface area contributed by atoms with E-state index >= 15 is 0 Å². The minimum absolute atomic E-state index is 0.604. The Hall–Kier alpha value is -0.0900. The van der Waals surface area contributed by atoms with Crippen LogP contribution in [0.5, 0.6) is 0 Å². The topological polar surface area (TPSA) is 57.2 Å². The third-order valence-corrected chi connectivity index (χ3v) is 1.46. The van der Waals surface area contributed by atoms with Crippen molar-refractivity contribution < 1.29 is 13.0 Å². The highest BCUT2D eigenvalue weighted by molar-refractivity contribution is 7.84. The summed E-state index contributed by atoms with van der Waals surface area (Å²) in [5, 5.41) is 0. The fourth-order valence-electron chi connectivity index (χ4n) is 0.854. The molecule has 13 heavy (non-hydrogen) atoms. The summed E-state index contributed by atoms with van der Waals surface area (Å²) < 4.78 is 27.2. The fourth-order valence-corrected chi connectivity index (χ4v) is 0.854. The van der Waals surface area contributed by atoms with Crippen molar-refractivity contribution in [1.82, 2.24) is 0 Å². The Labute approximate surface area is 82.3 Å². The van der Waals surface area contributed by atoms with Crippen molar-refractivity contribution in [2.45, 2.75) is 52.4 Å². The van der Waals surface area contributed by atoms with Gasteiger partial charge in [0.1, 0.15) is 0 Å². The highest BCUT2D eigenvalue weighted by Crippen LogP contribution is 2.03. The van der Waals surface area contributed by atoms with Gasteiger partial charge in [-0.3, -0.25) is 0 Å². The van der Waals surface area contributed by atoms with Gasteiger partial charge in [-0.2, -0.15) is 0 Å². The summed E-state index contributed by atoms with van der Waals surface area (Å²) in [6.45, 7) is 4.51. The lowest BCUT2D eigenvalue weighted by atomic mass is 10.1. The van der Waals surface area contributed by atoms with E-state index in [1.807, 2.05) is 0 Å². The molecule has 0 heterocycles. The average molecular weight is 209 g/mol. The second-order valence-electron chi connectivity index (χ2n) is 3.12. The van der Waals surface area contributed by atoms with Gasteiger partial charge in [-0.05, 0) is 0 Å². The lowest BCUT2D eigenvalue weighted by molar-refractivity contribution is 0.470. The van der Waals surface area contributed by atoms with Gasteiger partial charge >= 0.3 is 0 Å². The Bertz CT molecular complexity index is 159. The molecule has 0 radical (unpaired) electrons. The smallest absolute Gasteiger partial charge is 0.0916 e. The highest BCUT2D eigenvalue weighted by Gasteiger charge is 1.83. The van der Waals surface area contributed by atoms with Crippen molar-refractivity contribution in [3.63, 3.8) is 0 Å². The zero-order chi connectivity index (χ0) is 10.7. The summed E-state index contributed by atoms with van der Waals surface area (Å²) in [6.07, 6.45) is 9.09. The molecule has 0 unspecified atom stereocenters. The molecular weight excluding hydrogens is 188 g/mol. The Morgan fingerprint density at radius 2 is 1.15 bits per heavy atom. The molecule has 4 heteroatoms. The molecule has 82 valence electrons. The van der Waals surface area contributed by atoms with Crippen LogP contribution in [0.3, 0.4) is 0 Å². The van der Waals surface area contributed by atoms with Crippen molar-refractivity contribution in [2.24, 2.45) is 0 Å². The van der Waals surface area contributed by atoms with Crippen LogP contribution in [0.15, 0.2) is 0 Å². The first-order valence-corrected chi connectivity index (χ1v) is 6.64. The molecule has 3 nitrogen and oxygen atoms in total. The predicted octanol–water partition coefficient (Wildman–Crippen LogP) is 2.53. The first-order valence-electron chi connectivity index (χ1n) is 4.82. The molecule has 0 N–H and O–H groups in total. The molecule has 0 aliphatic carbocycles. The third-order valence-electron chi connectivity index (χ3n) is 1.46. The monoisotopic (exact) mass is 209 g/mol. The van der Waals surface area contributed by atoms with Crippen LogP contribution in [0.1, 0.15) is 52.4 Å². The van der Waals surface area contributed by atoms with Crippen molar-refractivity contribution in [3.05, 3.63) is 0 Å². The summed E-state index contributed by atoms with van der Waals surface area (Å²) in [6, 6.07) is 0. The summed E-state index contributed by atoms with van der Waals surface area (Å²) in [5.41, 5.74) is 0. The van der Waals surface area contributed by atoms with Crippen molar-refractivity contribution in [1.29, 1.82) is 0 Å². The summed E-state index contributed by atoms with van der Waals surface area (Å²) in [5.74, 6) is 0. The van der Waals surface area contributed by atoms with Crippen molar-refractivity contribution in [2.75, 3.05) is 6.26 Å². The molecule has 0 spiro atoms. The van der Waals surface area contributed by atoms with E-state index in [-0.39, 0.29) is 0 Å². The van der Waals surface area contributed by atoms with E-state index in [1.54, 1.807) is 0 Å². The predicted molar refractivity (Wildman–Crippen MR) is 54.7 cm³/mol. The molecule has 0 aliphatic heterocycles. The first-order chi connectivity index (χ1) is 5.91. The van der Waals surface area contributed by atoms with Gasteiger partial charge in [0.2, 0.25) is 0 Å². The van der Waals surface area contributed by atoms with E-state index in [0.29, 0.717) is 6.26 Å². The van der Waals surface area contributed by atoms with Gasteiger partial charge in [0, 0.05) is 6.26 Å². The fraction of sp³-hybridized carbons (Fsp3) is 1.00. The van der Waals surface area contributed by atoms with E-state index in [2.05, 4.69) is 13.8 Å². The maximum Gasteiger partial charge on any atom is 0.0916 e. The number of unbranched alkanes of at least 4 members (excludes halogenated alkanes) is 5. The molecule has 0 amide bonds. The van der Waals surface area contributed by atoms with E-state index in [4.69, 9.17) is 13.0 Å². The molecular formula is C9H21O3S-. The van der Waals surface area contributed by atoms with Crippen LogP contribution < -0.4 is 0 Å². The van der Waals surface area contributed by atoms with Crippen LogP contribution in [-0.4, -0.2) is 19.2 Å². The zero-order valence-electron chi connectivity index (χ0n) is 8.88. The Morgan fingerprint density at radius 1 is 0.923 bits per heavy atom. The second-order valence-corrected chi connectivity index (χ2v) is 4.53. The van der Waals surface area contributed by atoms with Gasteiger partial charge in [0.05, 0.1) is 10.1 Å². The average Bonchev–Trinajstić information content (AvgIpc) is 1.95. The number of hydrogen-bond donors (Lipinski definition) is 0. The summed E-state index contributed by atoms with van der Waals surface area (Å²) in [4.78, 5) is 0. The molecule has 0 aromatic carbocycles. The minimum Gasteiger partial charge on any atom is -0.748 e. The summed E-state index contributed by atoms with van der Waals surface area (Å²) >= 11 is 0. The lowest BCUT2D eigenvalue weighted by Crippen LogP contribution is -1.88. The zero-order valence-corrected chi connectivity index (χ0v) is 9.69. The molecule has 0 rings (SSSR count). The van der Waals surface area contributed by atoms with Crippen LogP contribution in [-0.2, 0) is 10.1 Å². The van der Waals surface area contributed by atoms with E-state index in [1.165, 1.54) is 38.5 Å². The third kappa shape index (κ3) is 48.5. The van der Waals surface area contributed by atoms with E-state index < -0.39 is 10.1 Å². The van der Waals surface area contributed by atoms with Crippen LogP contribution in [0.2, 0.25) is 0 Å². The molecule has 0 atom stereocenters. The van der Waals surface area contributed by atoms with Gasteiger partial charge in [-0.25, -0.2) is 8.42 Å². The van der Waals surface area contributed by atoms with Gasteiger partial charge < -0.3 is 4.55 Å². The lowest BCUT2D eigenvalue weighted by Gasteiger charge is -1.93. The Kier molecular flexibility index (Phi) is 11.8. The van der Waals surface area contributed by atoms with Crippen molar-refractivity contribution >= 4 is 10.1 Å². The second kappa shape index (κ2) is 9.99. The van der Waals surface area contributed by atoms with Crippen LogP contribution >= 0.6 is 0 Å². The standard InChI is InChI=1S/C8H18.CH4O3S/c1-3-5-7-8-6-4-2;1-5(2,3)4/h3-8H2,1-2H3;1H3,(H,2,3,4)/p-1. The highest BCUT2D eigenvalue weighted by atomic mass is 32.2. The molecule has 0 aliphatic rings. The molecule has 0 fully saturated rings. The van der Waals surface area contributed by atoms with Crippen LogP contribution in [0, 0.1) is 0 Å². The Morgan fingerprint density at radius 3 is 1.31 bits per heavy atom. The van der Waals surface area contributed by atoms with Gasteiger partial charge in [0.25, 0.3) is 0 Å². The quantitative estimate of drug-likeness (QED) is 0.516. The molecule has 0 saturated heterocycles. The number of rotatable bonds is 5. The minimum atomic E-state index is -3.92. The normalized spacial score (nSPS) is 10.5. The van der Waals surface area contributed by atoms with Crippen LogP contribution in [0.4, 0.5) is 0 Å². The molecule has 0 aromatic heterocycles.